The Balaban J connectivity index is 1.67. The maximum atomic E-state index is 13.3. The van der Waals surface area contributed by atoms with Crippen LogP contribution in [0.5, 0.6) is 0 Å². The minimum atomic E-state index is -0.223. The van der Waals surface area contributed by atoms with Gasteiger partial charge in [-0.3, -0.25) is 0 Å². The Morgan fingerprint density at radius 1 is 0.840 bits per heavy atom. The Kier molecular flexibility index (Phi) is 6.54. The van der Waals surface area contributed by atoms with Crippen molar-refractivity contribution in [3.05, 3.63) is 71.3 Å². The molecule has 1 fully saturated rings. The van der Waals surface area contributed by atoms with Gasteiger partial charge in [0.2, 0.25) is 0 Å². The minimum Gasteiger partial charge on any atom is -0.315 e. The van der Waals surface area contributed by atoms with E-state index >= 15 is 0 Å². The van der Waals surface area contributed by atoms with Gasteiger partial charge < -0.3 is 10.2 Å². The van der Waals surface area contributed by atoms with Crippen molar-refractivity contribution in [3.63, 3.8) is 0 Å². The topological polar surface area (TPSA) is 15.3 Å². The van der Waals surface area contributed by atoms with Crippen LogP contribution in [0.3, 0.4) is 0 Å². The summed E-state index contributed by atoms with van der Waals surface area (Å²) in [5.74, 6) is -0.274. The van der Waals surface area contributed by atoms with E-state index in [0.29, 0.717) is 0 Å². The van der Waals surface area contributed by atoms with E-state index in [1.54, 1.807) is 0 Å². The Labute approximate surface area is 148 Å². The molecule has 1 aliphatic heterocycles. The van der Waals surface area contributed by atoms with Gasteiger partial charge in [0, 0.05) is 19.0 Å². The Hall–Kier alpha value is -1.78. The fraction of sp³-hybridized carbons (Fsp3) is 0.429. The van der Waals surface area contributed by atoms with E-state index < -0.39 is 0 Å². The molecule has 0 atom stereocenters. The fourth-order valence-corrected chi connectivity index (χ4v) is 3.56. The van der Waals surface area contributed by atoms with Crippen LogP contribution in [0, 0.1) is 11.6 Å². The van der Waals surface area contributed by atoms with Crippen LogP contribution in [0.4, 0.5) is 8.78 Å². The van der Waals surface area contributed by atoms with E-state index in [4.69, 9.17) is 0 Å². The number of benzene rings is 2. The molecule has 25 heavy (non-hydrogen) atoms. The number of halogens is 2. The average Bonchev–Trinajstić information content (AvgIpc) is 2.90. The molecular weight excluding hydrogens is 318 g/mol. The molecule has 1 saturated heterocycles. The first-order valence-electron chi connectivity index (χ1n) is 9.16. The van der Waals surface area contributed by atoms with Crippen LogP contribution in [-0.4, -0.2) is 37.6 Å². The highest BCUT2D eigenvalue weighted by Gasteiger charge is 2.16. The quantitative estimate of drug-likeness (QED) is 0.846. The molecule has 2 nitrogen and oxygen atoms in total. The number of rotatable bonds is 6. The second-order valence-electron chi connectivity index (χ2n) is 6.74. The maximum absolute atomic E-state index is 13.3. The van der Waals surface area contributed by atoms with Gasteiger partial charge in [0.05, 0.1) is 0 Å². The summed E-state index contributed by atoms with van der Waals surface area (Å²) in [6.07, 6.45) is 3.24. The van der Waals surface area contributed by atoms with Crippen LogP contribution in [-0.2, 0) is 0 Å². The maximum Gasteiger partial charge on any atom is 0.123 e. The zero-order valence-electron chi connectivity index (χ0n) is 14.6. The van der Waals surface area contributed by atoms with Gasteiger partial charge in [0.25, 0.3) is 0 Å². The third-order valence-electron chi connectivity index (χ3n) is 4.94. The monoisotopic (exact) mass is 344 g/mol. The predicted molar refractivity (Wildman–Crippen MR) is 97.8 cm³/mol. The molecule has 0 aromatic heterocycles. The highest BCUT2D eigenvalue weighted by molar-refractivity contribution is 5.32. The molecule has 1 heterocycles. The standard InChI is InChI=1S/C21H26F2N2/c22-19-8-4-17(5-9-19)21(18-6-10-20(23)11-7-18)3-1-14-25-15-2-12-24-13-16-25/h4-11,21,24H,1-3,12-16H2. The molecule has 134 valence electrons. The van der Waals surface area contributed by atoms with E-state index in [0.717, 1.165) is 56.7 Å². The molecule has 0 spiro atoms. The van der Waals surface area contributed by atoms with Gasteiger partial charge in [-0.15, -0.1) is 0 Å². The summed E-state index contributed by atoms with van der Waals surface area (Å²) in [4.78, 5) is 2.51. The third-order valence-corrected chi connectivity index (χ3v) is 4.94. The summed E-state index contributed by atoms with van der Waals surface area (Å²) >= 11 is 0. The van der Waals surface area contributed by atoms with Gasteiger partial charge in [0.15, 0.2) is 0 Å². The highest BCUT2D eigenvalue weighted by atomic mass is 19.1. The SMILES string of the molecule is Fc1ccc(C(CCCN2CCCNCC2)c2ccc(F)cc2)cc1. The van der Waals surface area contributed by atoms with Gasteiger partial charge in [-0.25, -0.2) is 8.78 Å². The van der Waals surface area contributed by atoms with Crippen molar-refractivity contribution >= 4 is 0 Å². The lowest BCUT2D eigenvalue weighted by atomic mass is 9.87. The summed E-state index contributed by atoms with van der Waals surface area (Å²) in [5.41, 5.74) is 2.18. The van der Waals surface area contributed by atoms with Crippen LogP contribution < -0.4 is 5.32 Å². The average molecular weight is 344 g/mol. The summed E-state index contributed by atoms with van der Waals surface area (Å²) in [6, 6.07) is 13.4. The lowest BCUT2D eigenvalue weighted by Crippen LogP contribution is -2.29. The van der Waals surface area contributed by atoms with Crippen molar-refractivity contribution in [2.45, 2.75) is 25.2 Å². The van der Waals surface area contributed by atoms with Gasteiger partial charge in [-0.2, -0.15) is 0 Å². The highest BCUT2D eigenvalue weighted by Crippen LogP contribution is 2.29. The van der Waals surface area contributed by atoms with E-state index in [2.05, 4.69) is 10.2 Å². The first kappa shape index (κ1) is 18.0. The fourth-order valence-electron chi connectivity index (χ4n) is 3.56. The normalized spacial score (nSPS) is 16.1. The molecule has 0 unspecified atom stereocenters. The third kappa shape index (κ3) is 5.35. The van der Waals surface area contributed by atoms with Gasteiger partial charge >= 0.3 is 0 Å². The van der Waals surface area contributed by atoms with Crippen LogP contribution in [0.15, 0.2) is 48.5 Å². The summed E-state index contributed by atoms with van der Waals surface area (Å²) in [6.45, 7) is 5.47. The molecule has 2 aromatic rings. The van der Waals surface area contributed by atoms with E-state index in [1.807, 2.05) is 24.3 Å². The molecule has 0 saturated carbocycles. The largest absolute Gasteiger partial charge is 0.315 e. The predicted octanol–water partition coefficient (Wildman–Crippen LogP) is 4.17. The molecule has 0 aliphatic carbocycles. The van der Waals surface area contributed by atoms with Gasteiger partial charge in [0.1, 0.15) is 11.6 Å². The molecular formula is C21H26F2N2. The smallest absolute Gasteiger partial charge is 0.123 e. The number of nitrogens with one attached hydrogen (secondary N) is 1. The molecule has 1 N–H and O–H groups in total. The van der Waals surface area contributed by atoms with Gasteiger partial charge in [-0.05, 0) is 74.3 Å². The van der Waals surface area contributed by atoms with Crippen LogP contribution in [0.1, 0.15) is 36.3 Å². The summed E-state index contributed by atoms with van der Waals surface area (Å²) in [5, 5.41) is 3.43. The zero-order chi connectivity index (χ0) is 17.5. The van der Waals surface area contributed by atoms with Gasteiger partial charge in [-0.1, -0.05) is 24.3 Å². The minimum absolute atomic E-state index is 0.173. The van der Waals surface area contributed by atoms with E-state index in [-0.39, 0.29) is 17.6 Å². The van der Waals surface area contributed by atoms with Crippen LogP contribution in [0.2, 0.25) is 0 Å². The number of hydrogen-bond donors (Lipinski definition) is 1. The molecule has 0 amide bonds. The Bertz CT molecular complexity index is 586. The molecule has 1 aliphatic rings. The second-order valence-corrected chi connectivity index (χ2v) is 6.74. The lowest BCUT2D eigenvalue weighted by molar-refractivity contribution is 0.284. The first-order valence-corrected chi connectivity index (χ1v) is 9.16. The lowest BCUT2D eigenvalue weighted by Gasteiger charge is -2.22. The summed E-state index contributed by atoms with van der Waals surface area (Å²) < 4.78 is 26.6. The molecule has 4 heteroatoms. The Morgan fingerprint density at radius 3 is 2.04 bits per heavy atom. The zero-order valence-corrected chi connectivity index (χ0v) is 14.6. The molecule has 2 aromatic carbocycles. The molecule has 0 bridgehead atoms. The molecule has 3 rings (SSSR count). The Morgan fingerprint density at radius 2 is 1.44 bits per heavy atom. The van der Waals surface area contributed by atoms with Crippen molar-refractivity contribution in [2.24, 2.45) is 0 Å². The number of hydrogen-bond acceptors (Lipinski definition) is 2. The second kappa shape index (κ2) is 9.07. The van der Waals surface area contributed by atoms with Crippen molar-refractivity contribution in [1.29, 1.82) is 0 Å². The number of nitrogens with zero attached hydrogens (tertiary/aromatic N) is 1. The summed E-state index contributed by atoms with van der Waals surface area (Å²) in [7, 11) is 0. The van der Waals surface area contributed by atoms with Crippen molar-refractivity contribution in [1.82, 2.24) is 10.2 Å². The van der Waals surface area contributed by atoms with E-state index in [1.165, 1.54) is 30.7 Å². The molecule has 0 radical (unpaired) electrons. The van der Waals surface area contributed by atoms with Crippen LogP contribution in [0.25, 0.3) is 0 Å². The van der Waals surface area contributed by atoms with Crippen molar-refractivity contribution < 1.29 is 8.78 Å². The first-order chi connectivity index (χ1) is 12.2. The van der Waals surface area contributed by atoms with E-state index in [9.17, 15) is 8.78 Å². The van der Waals surface area contributed by atoms with Crippen molar-refractivity contribution in [2.75, 3.05) is 32.7 Å². The van der Waals surface area contributed by atoms with Crippen molar-refractivity contribution in [3.8, 4) is 0 Å². The van der Waals surface area contributed by atoms with Crippen LogP contribution >= 0.6 is 0 Å².